The lowest BCUT2D eigenvalue weighted by atomic mass is 10.1. The number of hydrogen-bond acceptors (Lipinski definition) is 3. The second-order valence-corrected chi connectivity index (χ2v) is 6.20. The third-order valence-electron chi connectivity index (χ3n) is 4.24. The molecule has 0 bridgehead atoms. The predicted molar refractivity (Wildman–Crippen MR) is 78.8 cm³/mol. The molecule has 0 saturated carbocycles. The first kappa shape index (κ1) is 19.8. The van der Waals surface area contributed by atoms with Crippen molar-refractivity contribution in [2.45, 2.75) is 32.1 Å². The van der Waals surface area contributed by atoms with Crippen LogP contribution in [0.1, 0.15) is 23.6 Å². The zero-order chi connectivity index (χ0) is 20.6. The third-order valence-corrected chi connectivity index (χ3v) is 4.24. The second kappa shape index (κ2) is 7.24. The zero-order valence-electron chi connectivity index (χ0n) is 14.1. The van der Waals surface area contributed by atoms with Crippen LogP contribution in [0.3, 0.4) is 0 Å². The summed E-state index contributed by atoms with van der Waals surface area (Å²) in [4.78, 5) is 25.4. The quantitative estimate of drug-likeness (QED) is 0.363. The van der Waals surface area contributed by atoms with E-state index in [4.69, 9.17) is 0 Å². The molecular weight excluding hydrogens is 394 g/mol. The minimum atomic E-state index is -4.62. The SMILES string of the molecule is O=C(CC(=O)N1CC[n+]2c(n[nH]c2C(F)(F)F)C1)Cc1cc(F)c(F)cc1F. The van der Waals surface area contributed by atoms with Crippen molar-refractivity contribution >= 4 is 11.7 Å². The van der Waals surface area contributed by atoms with Crippen molar-refractivity contribution in [3.63, 3.8) is 0 Å². The number of H-pyrrole nitrogens is 1. The van der Waals surface area contributed by atoms with Crippen molar-refractivity contribution in [1.29, 1.82) is 0 Å². The van der Waals surface area contributed by atoms with Gasteiger partial charge in [0.1, 0.15) is 18.1 Å². The van der Waals surface area contributed by atoms with Crippen molar-refractivity contribution in [2.24, 2.45) is 0 Å². The van der Waals surface area contributed by atoms with Gasteiger partial charge in [-0.2, -0.15) is 13.2 Å². The second-order valence-electron chi connectivity index (χ2n) is 6.20. The van der Waals surface area contributed by atoms with Crippen LogP contribution in [0.25, 0.3) is 0 Å². The maximum atomic E-state index is 13.6. The smallest absolute Gasteiger partial charge is 0.328 e. The highest BCUT2D eigenvalue weighted by molar-refractivity contribution is 5.98. The zero-order valence-corrected chi connectivity index (χ0v) is 14.1. The number of aromatic amines is 1. The highest BCUT2D eigenvalue weighted by Gasteiger charge is 2.45. The molecule has 0 unspecified atom stereocenters. The molecule has 150 valence electrons. The van der Waals surface area contributed by atoms with Crippen molar-refractivity contribution in [2.75, 3.05) is 6.54 Å². The van der Waals surface area contributed by atoms with Crippen LogP contribution in [-0.2, 0) is 35.3 Å². The first-order valence-corrected chi connectivity index (χ1v) is 8.03. The summed E-state index contributed by atoms with van der Waals surface area (Å²) in [6, 6.07) is 0.845. The molecule has 1 amide bonds. The molecule has 12 heteroatoms. The number of nitrogens with one attached hydrogen (secondary N) is 1. The molecule has 0 atom stereocenters. The van der Waals surface area contributed by atoms with Crippen LogP contribution in [0.5, 0.6) is 0 Å². The Morgan fingerprint density at radius 1 is 1.14 bits per heavy atom. The van der Waals surface area contributed by atoms with Crippen molar-refractivity contribution in [3.05, 3.63) is 46.8 Å². The largest absolute Gasteiger partial charge is 0.481 e. The number of halogens is 6. The molecule has 1 aromatic heterocycles. The Bertz CT molecular complexity index is 940. The first-order chi connectivity index (χ1) is 13.1. The number of aromatic nitrogens is 3. The topological polar surface area (TPSA) is 69.9 Å². The van der Waals surface area contributed by atoms with Crippen LogP contribution < -0.4 is 4.57 Å². The van der Waals surface area contributed by atoms with E-state index >= 15 is 0 Å². The number of benzene rings is 1. The van der Waals surface area contributed by atoms with Gasteiger partial charge in [0, 0.05) is 17.6 Å². The number of hydrogen-bond donors (Lipinski definition) is 1. The Balaban J connectivity index is 1.64. The van der Waals surface area contributed by atoms with Gasteiger partial charge in [0.15, 0.2) is 11.6 Å². The lowest BCUT2D eigenvalue weighted by Crippen LogP contribution is -2.54. The van der Waals surface area contributed by atoms with Gasteiger partial charge in [0.05, 0.1) is 19.5 Å². The van der Waals surface area contributed by atoms with Gasteiger partial charge in [-0.1, -0.05) is 0 Å². The van der Waals surface area contributed by atoms with Crippen LogP contribution in [0, 0.1) is 17.5 Å². The fourth-order valence-electron chi connectivity index (χ4n) is 2.88. The molecule has 0 radical (unpaired) electrons. The van der Waals surface area contributed by atoms with Gasteiger partial charge in [-0.15, -0.1) is 5.10 Å². The number of alkyl halides is 3. The number of rotatable bonds is 4. The summed E-state index contributed by atoms with van der Waals surface area (Å²) >= 11 is 0. The Kier molecular flexibility index (Phi) is 5.13. The Morgan fingerprint density at radius 2 is 1.82 bits per heavy atom. The number of ketones is 1. The van der Waals surface area contributed by atoms with E-state index in [9.17, 15) is 35.9 Å². The lowest BCUT2D eigenvalue weighted by molar-refractivity contribution is -0.728. The number of carbonyl (C=O) groups is 2. The van der Waals surface area contributed by atoms with Gasteiger partial charge in [-0.3, -0.25) is 9.59 Å². The number of amides is 1. The van der Waals surface area contributed by atoms with Crippen LogP contribution in [-0.4, -0.2) is 33.3 Å². The summed E-state index contributed by atoms with van der Waals surface area (Å²) in [5.74, 6) is -6.33. The summed E-state index contributed by atoms with van der Waals surface area (Å²) in [7, 11) is 0. The predicted octanol–water partition coefficient (Wildman–Crippen LogP) is 1.68. The van der Waals surface area contributed by atoms with Gasteiger partial charge in [-0.05, 0) is 11.6 Å². The monoisotopic (exact) mass is 407 g/mol. The summed E-state index contributed by atoms with van der Waals surface area (Å²) in [6.45, 7) is -0.484. The number of Topliss-reactive ketones (excluding diaryl/α,β-unsaturated/α-hetero) is 1. The van der Waals surface area contributed by atoms with E-state index in [2.05, 4.69) is 5.10 Å². The molecule has 28 heavy (non-hydrogen) atoms. The molecule has 6 nitrogen and oxygen atoms in total. The van der Waals surface area contributed by atoms with E-state index in [1.54, 1.807) is 0 Å². The molecule has 3 rings (SSSR count). The molecule has 2 aromatic rings. The Labute approximate surface area is 153 Å². The average Bonchev–Trinajstić information content (AvgIpc) is 3.03. The van der Waals surface area contributed by atoms with E-state index in [1.165, 1.54) is 0 Å². The third kappa shape index (κ3) is 3.99. The van der Waals surface area contributed by atoms with E-state index in [1.807, 2.05) is 5.10 Å². The molecule has 1 N–H and O–H groups in total. The van der Waals surface area contributed by atoms with E-state index in [-0.39, 0.29) is 25.5 Å². The summed E-state index contributed by atoms with van der Waals surface area (Å²) in [5.41, 5.74) is -0.393. The highest BCUT2D eigenvalue weighted by atomic mass is 19.4. The van der Waals surface area contributed by atoms with Crippen molar-refractivity contribution in [1.82, 2.24) is 15.1 Å². The van der Waals surface area contributed by atoms with Crippen LogP contribution in [0.15, 0.2) is 12.1 Å². The highest BCUT2D eigenvalue weighted by Crippen LogP contribution is 2.25. The molecule has 1 aromatic carbocycles. The van der Waals surface area contributed by atoms with Crippen molar-refractivity contribution in [3.8, 4) is 0 Å². The fourth-order valence-corrected chi connectivity index (χ4v) is 2.88. The van der Waals surface area contributed by atoms with E-state index in [0.717, 1.165) is 9.47 Å². The number of carbonyl (C=O) groups excluding carboxylic acids is 2. The van der Waals surface area contributed by atoms with Crippen LogP contribution in [0.4, 0.5) is 26.3 Å². The molecule has 1 aliphatic heterocycles. The standard InChI is InChI=1S/C16H12F6N4O2/c17-10-6-12(19)11(18)4-8(10)3-9(27)5-14(28)25-1-2-26-13(7-25)23-24-15(26)16(20,21)22/h4,6H,1-3,5,7H2/p+1. The van der Waals surface area contributed by atoms with Gasteiger partial charge in [-0.25, -0.2) is 17.7 Å². The Hall–Kier alpha value is -2.92. The van der Waals surface area contributed by atoms with Gasteiger partial charge >= 0.3 is 12.0 Å². The number of nitrogens with zero attached hydrogens (tertiary/aromatic N) is 3. The normalized spacial score (nSPS) is 14.1. The minimum Gasteiger partial charge on any atom is -0.328 e. The molecule has 0 fully saturated rings. The molecule has 0 saturated heterocycles. The van der Waals surface area contributed by atoms with Crippen LogP contribution >= 0.6 is 0 Å². The molecule has 2 heterocycles. The van der Waals surface area contributed by atoms with Gasteiger partial charge in [0.25, 0.3) is 5.82 Å². The van der Waals surface area contributed by atoms with E-state index < -0.39 is 59.5 Å². The lowest BCUT2D eigenvalue weighted by Gasteiger charge is -2.24. The Morgan fingerprint density at radius 3 is 2.50 bits per heavy atom. The molecule has 0 spiro atoms. The van der Waals surface area contributed by atoms with Crippen LogP contribution in [0.2, 0.25) is 0 Å². The maximum absolute atomic E-state index is 13.6. The van der Waals surface area contributed by atoms with Gasteiger partial charge in [0.2, 0.25) is 5.91 Å². The fraction of sp³-hybridized carbons (Fsp3) is 0.375. The average molecular weight is 407 g/mol. The first-order valence-electron chi connectivity index (χ1n) is 8.03. The van der Waals surface area contributed by atoms with Crippen molar-refractivity contribution < 1.29 is 40.5 Å². The van der Waals surface area contributed by atoms with Gasteiger partial charge < -0.3 is 4.90 Å². The molecule has 0 aliphatic carbocycles. The van der Waals surface area contributed by atoms with E-state index in [0.29, 0.717) is 12.1 Å². The molecular formula is C16H13F6N4O2+. The number of fused-ring (bicyclic) bond motifs is 1. The summed E-state index contributed by atoms with van der Waals surface area (Å²) in [6.07, 6.45) is -5.90. The molecule has 1 aliphatic rings. The summed E-state index contributed by atoms with van der Waals surface area (Å²) < 4.78 is 79.1. The summed E-state index contributed by atoms with van der Waals surface area (Å²) in [5, 5.41) is 5.43. The maximum Gasteiger partial charge on any atom is 0.481 e. The minimum absolute atomic E-state index is 0.0222.